The number of rotatable bonds is 6. The molecule has 2 heterocycles. The molecule has 0 saturated carbocycles. The molecular weight excluding hydrogens is 300 g/mol. The van der Waals surface area contributed by atoms with Crippen LogP contribution in [0.5, 0.6) is 0 Å². The second-order valence-electron chi connectivity index (χ2n) is 6.08. The van der Waals surface area contributed by atoms with Crippen molar-refractivity contribution in [1.29, 1.82) is 0 Å². The number of hydrogen-bond acceptors (Lipinski definition) is 2. The molecule has 2 aliphatic heterocycles. The number of alkyl halides is 2. The average Bonchev–Trinajstić information content (AvgIpc) is 2.82. The summed E-state index contributed by atoms with van der Waals surface area (Å²) in [7, 11) is 0. The molecule has 1 aromatic carbocycles. The summed E-state index contributed by atoms with van der Waals surface area (Å²) >= 11 is 0. The zero-order valence-corrected chi connectivity index (χ0v) is 13.0. The lowest BCUT2D eigenvalue weighted by Gasteiger charge is -2.34. The minimum absolute atomic E-state index is 0.00938. The number of amides is 1. The fraction of sp³-hybridized carbons (Fsp3) is 0.500. The Hall–Kier alpha value is -1.75. The van der Waals surface area contributed by atoms with Crippen LogP contribution >= 0.6 is 0 Å². The van der Waals surface area contributed by atoms with E-state index in [1.807, 2.05) is 23.1 Å². The first kappa shape index (κ1) is 16.1. The van der Waals surface area contributed by atoms with Gasteiger partial charge >= 0.3 is 0 Å². The highest BCUT2D eigenvalue weighted by Crippen LogP contribution is 2.38. The van der Waals surface area contributed by atoms with Crippen molar-refractivity contribution in [3.05, 3.63) is 42.0 Å². The van der Waals surface area contributed by atoms with E-state index in [-0.39, 0.29) is 31.0 Å². The summed E-state index contributed by atoms with van der Waals surface area (Å²) in [6, 6.07) is 10.6. The van der Waals surface area contributed by atoms with Gasteiger partial charge in [-0.05, 0) is 30.4 Å². The summed E-state index contributed by atoms with van der Waals surface area (Å²) in [5, 5.41) is 0. The quantitative estimate of drug-likeness (QED) is 0.751. The number of fused-ring (bicyclic) bond motifs is 2. The van der Waals surface area contributed by atoms with Gasteiger partial charge in [0.05, 0.1) is 19.1 Å². The molecule has 1 saturated heterocycles. The van der Waals surface area contributed by atoms with E-state index in [9.17, 15) is 13.6 Å². The molecule has 0 aliphatic carbocycles. The zero-order valence-electron chi connectivity index (χ0n) is 13.0. The minimum atomic E-state index is -2.48. The van der Waals surface area contributed by atoms with Gasteiger partial charge in [-0.3, -0.25) is 4.79 Å². The number of carbonyl (C=O) groups excluding carboxylic acids is 1. The Kier molecular flexibility index (Phi) is 5.06. The van der Waals surface area contributed by atoms with Crippen LogP contribution in [0, 0.1) is 0 Å². The molecule has 5 heteroatoms. The van der Waals surface area contributed by atoms with Crippen LogP contribution in [0.15, 0.2) is 36.4 Å². The second-order valence-corrected chi connectivity index (χ2v) is 6.08. The van der Waals surface area contributed by atoms with E-state index >= 15 is 0 Å². The van der Waals surface area contributed by atoms with Crippen molar-refractivity contribution < 1.29 is 18.3 Å². The van der Waals surface area contributed by atoms with Gasteiger partial charge in [0.1, 0.15) is 6.61 Å². The molecule has 2 atom stereocenters. The molecule has 1 amide bonds. The summed E-state index contributed by atoms with van der Waals surface area (Å²) in [6.07, 6.45) is 2.73. The van der Waals surface area contributed by atoms with Crippen molar-refractivity contribution in [3.8, 4) is 0 Å². The Bertz CT molecular complexity index is 574. The van der Waals surface area contributed by atoms with Gasteiger partial charge in [0.25, 0.3) is 6.43 Å². The lowest BCUT2D eigenvalue weighted by Crippen LogP contribution is -2.43. The van der Waals surface area contributed by atoms with E-state index in [0.717, 1.165) is 19.3 Å². The van der Waals surface area contributed by atoms with Crippen LogP contribution in [-0.2, 0) is 9.53 Å². The highest BCUT2D eigenvalue weighted by atomic mass is 19.3. The predicted molar refractivity (Wildman–Crippen MR) is 84.1 cm³/mol. The Morgan fingerprint density at radius 3 is 2.74 bits per heavy atom. The number of nitrogens with zero attached hydrogens (tertiary/aromatic N) is 1. The molecule has 2 bridgehead atoms. The maximum Gasteiger partial charge on any atom is 0.261 e. The Balaban J connectivity index is 1.61. The van der Waals surface area contributed by atoms with Crippen LogP contribution in [0.25, 0.3) is 5.57 Å². The predicted octanol–water partition coefficient (Wildman–Crippen LogP) is 3.51. The van der Waals surface area contributed by atoms with Crippen molar-refractivity contribution in [3.63, 3.8) is 0 Å². The molecule has 1 aromatic rings. The zero-order chi connectivity index (χ0) is 16.2. The Morgan fingerprint density at radius 1 is 1.26 bits per heavy atom. The molecule has 1 fully saturated rings. The summed E-state index contributed by atoms with van der Waals surface area (Å²) in [4.78, 5) is 14.3. The van der Waals surface area contributed by atoms with Gasteiger partial charge < -0.3 is 9.64 Å². The van der Waals surface area contributed by atoms with Gasteiger partial charge in [-0.25, -0.2) is 8.78 Å². The summed E-state index contributed by atoms with van der Waals surface area (Å²) < 4.78 is 28.9. The molecule has 124 valence electrons. The molecule has 0 N–H and O–H groups in total. The number of ether oxygens (including phenoxy) is 1. The van der Waals surface area contributed by atoms with Crippen molar-refractivity contribution in [1.82, 2.24) is 4.90 Å². The lowest BCUT2D eigenvalue weighted by molar-refractivity contribution is -0.135. The summed E-state index contributed by atoms with van der Waals surface area (Å²) in [6.45, 7) is -0.535. The maximum absolute atomic E-state index is 12.4. The standard InChI is InChI=1S/C18H21F2NO2/c19-17(20)12-23-9-8-18(22)21-15-6-7-16(21)11-14(10-15)13-4-2-1-3-5-13/h1-5,10,15-17H,6-9,11-12H2. The summed E-state index contributed by atoms with van der Waals surface area (Å²) in [5.41, 5.74) is 2.52. The third-order valence-electron chi connectivity index (χ3n) is 4.53. The monoisotopic (exact) mass is 321 g/mol. The molecule has 2 unspecified atom stereocenters. The molecule has 0 radical (unpaired) electrons. The van der Waals surface area contributed by atoms with E-state index in [4.69, 9.17) is 4.74 Å². The number of hydrogen-bond donors (Lipinski definition) is 0. The fourth-order valence-corrected chi connectivity index (χ4v) is 3.55. The topological polar surface area (TPSA) is 29.5 Å². The molecule has 0 aromatic heterocycles. The minimum Gasteiger partial charge on any atom is -0.375 e. The number of halogens is 2. The summed E-state index contributed by atoms with van der Waals surface area (Å²) in [5.74, 6) is 0.00938. The molecule has 23 heavy (non-hydrogen) atoms. The smallest absolute Gasteiger partial charge is 0.261 e. The van der Waals surface area contributed by atoms with Gasteiger partial charge in [0, 0.05) is 6.04 Å². The van der Waals surface area contributed by atoms with Gasteiger partial charge in [-0.1, -0.05) is 36.4 Å². The van der Waals surface area contributed by atoms with Crippen LogP contribution in [-0.4, -0.2) is 42.5 Å². The van der Waals surface area contributed by atoms with Crippen molar-refractivity contribution >= 4 is 11.5 Å². The molecule has 2 aliphatic rings. The molecule has 3 rings (SSSR count). The van der Waals surface area contributed by atoms with Gasteiger partial charge in [-0.2, -0.15) is 0 Å². The van der Waals surface area contributed by atoms with E-state index in [0.29, 0.717) is 0 Å². The van der Waals surface area contributed by atoms with E-state index < -0.39 is 13.0 Å². The van der Waals surface area contributed by atoms with Crippen LogP contribution in [0.1, 0.15) is 31.2 Å². The first-order chi connectivity index (χ1) is 11.1. The number of benzene rings is 1. The molecule has 3 nitrogen and oxygen atoms in total. The van der Waals surface area contributed by atoms with Gasteiger partial charge in [-0.15, -0.1) is 0 Å². The molecule has 0 spiro atoms. The van der Waals surface area contributed by atoms with Gasteiger partial charge in [0.2, 0.25) is 5.91 Å². The van der Waals surface area contributed by atoms with E-state index in [1.165, 1.54) is 11.1 Å². The van der Waals surface area contributed by atoms with Crippen LogP contribution in [0.4, 0.5) is 8.78 Å². The van der Waals surface area contributed by atoms with Crippen molar-refractivity contribution in [2.24, 2.45) is 0 Å². The Labute approximate surface area is 134 Å². The highest BCUT2D eigenvalue weighted by molar-refractivity contribution is 5.80. The third kappa shape index (κ3) is 3.78. The first-order valence-corrected chi connectivity index (χ1v) is 8.08. The Morgan fingerprint density at radius 2 is 2.04 bits per heavy atom. The van der Waals surface area contributed by atoms with Gasteiger partial charge in [0.15, 0.2) is 0 Å². The molecular formula is C18H21F2NO2. The maximum atomic E-state index is 12.4. The second kappa shape index (κ2) is 7.21. The fourth-order valence-electron chi connectivity index (χ4n) is 3.55. The first-order valence-electron chi connectivity index (χ1n) is 8.08. The largest absolute Gasteiger partial charge is 0.375 e. The third-order valence-corrected chi connectivity index (χ3v) is 4.53. The lowest BCUT2D eigenvalue weighted by atomic mass is 9.94. The van der Waals surface area contributed by atoms with Crippen LogP contribution in [0.2, 0.25) is 0 Å². The number of carbonyl (C=O) groups is 1. The van der Waals surface area contributed by atoms with Crippen LogP contribution in [0.3, 0.4) is 0 Å². The van der Waals surface area contributed by atoms with Crippen LogP contribution < -0.4 is 0 Å². The normalized spacial score (nSPS) is 23.3. The van der Waals surface area contributed by atoms with Crippen molar-refractivity contribution in [2.75, 3.05) is 13.2 Å². The SMILES string of the molecule is O=C(CCOCC(F)F)N1C2C=C(c3ccccc3)CC1CC2. The average molecular weight is 321 g/mol. The van der Waals surface area contributed by atoms with E-state index in [1.54, 1.807) is 0 Å². The van der Waals surface area contributed by atoms with Crippen molar-refractivity contribution in [2.45, 2.75) is 44.2 Å². The van der Waals surface area contributed by atoms with E-state index in [2.05, 4.69) is 18.2 Å². The highest BCUT2D eigenvalue weighted by Gasteiger charge is 2.39.